The topological polar surface area (TPSA) is 83.2 Å². The summed E-state index contributed by atoms with van der Waals surface area (Å²) in [6.07, 6.45) is 3.22. The largest absolute Gasteiger partial charge is 0.309 e. The van der Waals surface area contributed by atoms with E-state index in [1.54, 1.807) is 12.4 Å². The molecular formula is C36H20N6. The molecule has 6 nitrogen and oxygen atoms in total. The van der Waals surface area contributed by atoms with Crippen molar-refractivity contribution in [3.63, 3.8) is 0 Å². The summed E-state index contributed by atoms with van der Waals surface area (Å²) in [6, 6.07) is 42.0. The van der Waals surface area contributed by atoms with E-state index >= 15 is 0 Å². The SMILES string of the molecule is N#Cc1ncc(-c2ccc(-n3c4ccccc4c4cc(-n5c6ccccc6c6ccccc65)ccc43)c(C#N)c2)cn1. The Bertz CT molecular complexity index is 2380. The number of benzene rings is 5. The van der Waals surface area contributed by atoms with Crippen LogP contribution in [0.2, 0.25) is 0 Å². The summed E-state index contributed by atoms with van der Waals surface area (Å²) in [5.41, 5.74) is 8.35. The molecule has 0 unspecified atom stereocenters. The van der Waals surface area contributed by atoms with Gasteiger partial charge in [-0.3, -0.25) is 0 Å². The third-order valence-electron chi connectivity index (χ3n) is 7.94. The van der Waals surface area contributed by atoms with Gasteiger partial charge in [0, 0.05) is 45.2 Å². The van der Waals surface area contributed by atoms with Crippen LogP contribution in [-0.4, -0.2) is 19.1 Å². The average molecular weight is 537 g/mol. The second kappa shape index (κ2) is 9.16. The van der Waals surface area contributed by atoms with Crippen LogP contribution in [0.3, 0.4) is 0 Å². The maximum atomic E-state index is 10.2. The zero-order valence-corrected chi connectivity index (χ0v) is 22.2. The van der Waals surface area contributed by atoms with E-state index in [2.05, 4.69) is 110 Å². The summed E-state index contributed by atoms with van der Waals surface area (Å²) in [5.74, 6) is 0.112. The Morgan fingerprint density at radius 2 is 1.07 bits per heavy atom. The Labute approximate surface area is 240 Å². The van der Waals surface area contributed by atoms with Gasteiger partial charge in [-0.15, -0.1) is 0 Å². The molecule has 0 amide bonds. The highest BCUT2D eigenvalue weighted by Crippen LogP contribution is 2.37. The van der Waals surface area contributed by atoms with E-state index in [-0.39, 0.29) is 5.82 Å². The second-order valence-electron chi connectivity index (χ2n) is 10.2. The van der Waals surface area contributed by atoms with Crippen molar-refractivity contribution >= 4 is 43.6 Å². The maximum absolute atomic E-state index is 10.2. The summed E-state index contributed by atoms with van der Waals surface area (Å²) >= 11 is 0. The molecule has 5 aromatic carbocycles. The van der Waals surface area contributed by atoms with Gasteiger partial charge in [-0.05, 0) is 54.1 Å². The molecule has 3 aromatic heterocycles. The maximum Gasteiger partial charge on any atom is 0.232 e. The van der Waals surface area contributed by atoms with E-state index in [0.717, 1.165) is 55.3 Å². The molecule has 0 bridgehead atoms. The minimum atomic E-state index is 0.112. The summed E-state index contributed by atoms with van der Waals surface area (Å²) < 4.78 is 4.49. The van der Waals surface area contributed by atoms with E-state index in [9.17, 15) is 5.26 Å². The lowest BCUT2D eigenvalue weighted by molar-refractivity contribution is 1.11. The zero-order valence-electron chi connectivity index (χ0n) is 22.2. The van der Waals surface area contributed by atoms with Gasteiger partial charge in [-0.1, -0.05) is 60.7 Å². The fraction of sp³-hybridized carbons (Fsp3) is 0. The highest BCUT2D eigenvalue weighted by molar-refractivity contribution is 6.12. The Morgan fingerprint density at radius 3 is 1.69 bits per heavy atom. The van der Waals surface area contributed by atoms with Crippen LogP contribution in [0.15, 0.2) is 122 Å². The first kappa shape index (κ1) is 23.6. The van der Waals surface area contributed by atoms with Crippen LogP contribution in [0.4, 0.5) is 0 Å². The van der Waals surface area contributed by atoms with Crippen LogP contribution in [0.5, 0.6) is 0 Å². The first-order valence-corrected chi connectivity index (χ1v) is 13.5. The van der Waals surface area contributed by atoms with Crippen molar-refractivity contribution in [3.8, 4) is 34.6 Å². The molecule has 3 heterocycles. The first-order valence-electron chi connectivity index (χ1n) is 13.5. The molecule has 0 N–H and O–H groups in total. The van der Waals surface area contributed by atoms with Gasteiger partial charge in [-0.2, -0.15) is 10.5 Å². The molecular weight excluding hydrogens is 516 g/mol. The zero-order chi connectivity index (χ0) is 28.2. The monoisotopic (exact) mass is 536 g/mol. The number of rotatable bonds is 3. The third kappa shape index (κ3) is 3.43. The van der Waals surface area contributed by atoms with Crippen LogP contribution < -0.4 is 0 Å². The Balaban J connectivity index is 1.36. The average Bonchev–Trinajstić information content (AvgIpc) is 3.57. The lowest BCUT2D eigenvalue weighted by atomic mass is 10.0. The summed E-state index contributed by atoms with van der Waals surface area (Å²) in [5, 5.41) is 24.0. The van der Waals surface area contributed by atoms with Gasteiger partial charge in [0.25, 0.3) is 0 Å². The predicted octanol–water partition coefficient (Wildman–Crippen LogP) is 8.08. The molecule has 8 aromatic rings. The van der Waals surface area contributed by atoms with Crippen molar-refractivity contribution in [1.29, 1.82) is 10.5 Å². The Morgan fingerprint density at radius 1 is 0.500 bits per heavy atom. The van der Waals surface area contributed by atoms with E-state index in [1.807, 2.05) is 30.3 Å². The van der Waals surface area contributed by atoms with Gasteiger partial charge >= 0.3 is 0 Å². The number of hydrogen-bond donors (Lipinski definition) is 0. The van der Waals surface area contributed by atoms with Gasteiger partial charge in [0.2, 0.25) is 5.82 Å². The smallest absolute Gasteiger partial charge is 0.232 e. The number of para-hydroxylation sites is 3. The first-order chi connectivity index (χ1) is 20.7. The van der Waals surface area contributed by atoms with Gasteiger partial charge < -0.3 is 9.13 Å². The molecule has 6 heteroatoms. The van der Waals surface area contributed by atoms with Crippen molar-refractivity contribution in [2.45, 2.75) is 0 Å². The van der Waals surface area contributed by atoms with E-state index in [0.29, 0.717) is 5.56 Å². The molecule has 0 saturated heterocycles. The third-order valence-corrected chi connectivity index (χ3v) is 7.94. The van der Waals surface area contributed by atoms with Gasteiger partial charge in [0.05, 0.1) is 33.3 Å². The number of fused-ring (bicyclic) bond motifs is 6. The molecule has 0 aliphatic heterocycles. The fourth-order valence-corrected chi connectivity index (χ4v) is 6.10. The lowest BCUT2D eigenvalue weighted by Crippen LogP contribution is -1.99. The molecule has 0 radical (unpaired) electrons. The number of hydrogen-bond acceptors (Lipinski definition) is 4. The van der Waals surface area contributed by atoms with Crippen molar-refractivity contribution in [2.24, 2.45) is 0 Å². The quantitative estimate of drug-likeness (QED) is 0.228. The van der Waals surface area contributed by atoms with Gasteiger partial charge in [-0.25, -0.2) is 9.97 Å². The van der Waals surface area contributed by atoms with Crippen LogP contribution >= 0.6 is 0 Å². The number of nitriles is 2. The number of nitrogens with zero attached hydrogens (tertiary/aromatic N) is 6. The highest BCUT2D eigenvalue weighted by atomic mass is 15.0. The predicted molar refractivity (Wildman–Crippen MR) is 166 cm³/mol. The minimum absolute atomic E-state index is 0.112. The molecule has 0 fully saturated rings. The van der Waals surface area contributed by atoms with Crippen LogP contribution in [0.1, 0.15) is 11.4 Å². The minimum Gasteiger partial charge on any atom is -0.309 e. The van der Waals surface area contributed by atoms with Gasteiger partial charge in [0.1, 0.15) is 12.1 Å². The van der Waals surface area contributed by atoms with Crippen molar-refractivity contribution in [3.05, 3.63) is 133 Å². The van der Waals surface area contributed by atoms with Crippen molar-refractivity contribution in [1.82, 2.24) is 19.1 Å². The number of aromatic nitrogens is 4. The van der Waals surface area contributed by atoms with Crippen LogP contribution in [0, 0.1) is 22.7 Å². The highest BCUT2D eigenvalue weighted by Gasteiger charge is 2.18. The fourth-order valence-electron chi connectivity index (χ4n) is 6.10. The van der Waals surface area contributed by atoms with Gasteiger partial charge in [0.15, 0.2) is 0 Å². The molecule has 0 atom stereocenters. The molecule has 0 aliphatic rings. The summed E-state index contributed by atoms with van der Waals surface area (Å²) in [6.45, 7) is 0. The second-order valence-corrected chi connectivity index (χ2v) is 10.2. The normalized spacial score (nSPS) is 11.3. The lowest BCUT2D eigenvalue weighted by Gasteiger charge is -2.12. The van der Waals surface area contributed by atoms with Crippen LogP contribution in [0.25, 0.3) is 66.1 Å². The summed E-state index contributed by atoms with van der Waals surface area (Å²) in [4.78, 5) is 8.18. The van der Waals surface area contributed by atoms with Crippen molar-refractivity contribution in [2.75, 3.05) is 0 Å². The Hall–Kier alpha value is -6.24. The molecule has 42 heavy (non-hydrogen) atoms. The van der Waals surface area contributed by atoms with E-state index < -0.39 is 0 Å². The Kier molecular flexibility index (Phi) is 5.15. The van der Waals surface area contributed by atoms with E-state index in [4.69, 9.17) is 5.26 Å². The standard InChI is InChI=1S/C36H20N6/c37-19-24-17-23(25-21-39-36(20-38)40-22-25)13-15-31(24)42-34-12-6-3-9-29(34)30-18-26(14-16-35(30)42)41-32-10-4-1-7-27(32)28-8-2-5-11-33(28)41/h1-18,21-22H. The summed E-state index contributed by atoms with van der Waals surface area (Å²) in [7, 11) is 0. The van der Waals surface area contributed by atoms with Crippen LogP contribution in [-0.2, 0) is 0 Å². The molecule has 8 rings (SSSR count). The molecule has 0 saturated carbocycles. The van der Waals surface area contributed by atoms with Crippen molar-refractivity contribution < 1.29 is 0 Å². The molecule has 0 aliphatic carbocycles. The molecule has 0 spiro atoms. The molecule has 194 valence electrons. The van der Waals surface area contributed by atoms with E-state index in [1.165, 1.54) is 10.8 Å².